The van der Waals surface area contributed by atoms with Crippen LogP contribution in [0.2, 0.25) is 10.0 Å². The summed E-state index contributed by atoms with van der Waals surface area (Å²) in [5.74, 6) is 0.255. The number of amides is 2. The number of carbonyl (C=O) groups excluding carboxylic acids is 2. The van der Waals surface area contributed by atoms with Crippen molar-refractivity contribution in [1.82, 2.24) is 24.8 Å². The molecule has 1 aliphatic rings. The van der Waals surface area contributed by atoms with Gasteiger partial charge < -0.3 is 15.5 Å². The lowest BCUT2D eigenvalue weighted by atomic mass is 9.95. The van der Waals surface area contributed by atoms with Gasteiger partial charge >= 0.3 is 0 Å². The van der Waals surface area contributed by atoms with E-state index in [9.17, 15) is 14.4 Å². The Balaban J connectivity index is 1.75. The quantitative estimate of drug-likeness (QED) is 0.522. The molecule has 1 aromatic carbocycles. The number of hydrogen-bond donors (Lipinski definition) is 2. The third-order valence-electron chi connectivity index (χ3n) is 5.96. The second kappa shape index (κ2) is 10.3. The number of pyridine rings is 1. The Bertz CT molecular complexity index is 1390. The molecule has 0 bridgehead atoms. The number of benzene rings is 1. The minimum absolute atomic E-state index is 0.0169. The smallest absolute Gasteiger partial charge is 0.271 e. The van der Waals surface area contributed by atoms with Crippen LogP contribution in [0.1, 0.15) is 52.7 Å². The first-order valence-corrected chi connectivity index (χ1v) is 12.2. The van der Waals surface area contributed by atoms with E-state index >= 15 is 0 Å². The summed E-state index contributed by atoms with van der Waals surface area (Å²) in [4.78, 5) is 49.1. The van der Waals surface area contributed by atoms with Crippen LogP contribution in [-0.2, 0) is 13.0 Å². The first-order chi connectivity index (χ1) is 17.1. The minimum Gasteiger partial charge on any atom is -0.369 e. The summed E-state index contributed by atoms with van der Waals surface area (Å²) in [7, 11) is 1.51. The third-order valence-corrected chi connectivity index (χ3v) is 6.70. The maximum atomic E-state index is 13.7. The summed E-state index contributed by atoms with van der Waals surface area (Å²) in [6.45, 7) is 6.08. The zero-order valence-corrected chi connectivity index (χ0v) is 21.8. The molecule has 2 aromatic heterocycles. The highest BCUT2D eigenvalue weighted by Crippen LogP contribution is 2.28. The standard InChI is InChI=1S/C25H26Cl2N6O3/c1-13(2)31-21-9-16-12-32(24(35)15-5-6-18(26)19(27)8-15)14(3)7-17(16)25(36)33(21)22-11-29-20(10-30-22)23(34)28-4/h5-6,8-11,13-14,31H,7,12H2,1-4H3,(H,28,34)/t14-/m1/s1. The molecule has 1 atom stereocenters. The van der Waals surface area contributed by atoms with Crippen molar-refractivity contribution < 1.29 is 9.59 Å². The molecule has 3 aromatic rings. The highest BCUT2D eigenvalue weighted by atomic mass is 35.5. The van der Waals surface area contributed by atoms with Crippen molar-refractivity contribution in [3.05, 3.63) is 79.4 Å². The van der Waals surface area contributed by atoms with Crippen LogP contribution in [0.4, 0.5) is 5.82 Å². The molecule has 9 nitrogen and oxygen atoms in total. The van der Waals surface area contributed by atoms with Crippen LogP contribution in [0.5, 0.6) is 0 Å². The lowest BCUT2D eigenvalue weighted by Gasteiger charge is -2.35. The van der Waals surface area contributed by atoms with Gasteiger partial charge in [-0.2, -0.15) is 0 Å². The Morgan fingerprint density at radius 1 is 1.11 bits per heavy atom. The number of carbonyl (C=O) groups is 2. The summed E-state index contributed by atoms with van der Waals surface area (Å²) >= 11 is 12.1. The molecular formula is C25H26Cl2N6O3. The van der Waals surface area contributed by atoms with E-state index in [1.54, 1.807) is 23.1 Å². The number of rotatable bonds is 5. The maximum Gasteiger partial charge on any atom is 0.271 e. The summed E-state index contributed by atoms with van der Waals surface area (Å²) in [6.07, 6.45) is 3.10. The lowest BCUT2D eigenvalue weighted by Crippen LogP contribution is -2.45. The Hall–Kier alpha value is -3.43. The van der Waals surface area contributed by atoms with Gasteiger partial charge in [0.2, 0.25) is 0 Å². The Labute approximate surface area is 218 Å². The predicted octanol–water partition coefficient (Wildman–Crippen LogP) is 3.70. The fourth-order valence-corrected chi connectivity index (χ4v) is 4.48. The van der Waals surface area contributed by atoms with Gasteiger partial charge in [-0.15, -0.1) is 0 Å². The van der Waals surface area contributed by atoms with E-state index in [0.717, 1.165) is 5.56 Å². The molecule has 188 valence electrons. The Morgan fingerprint density at radius 2 is 1.86 bits per heavy atom. The van der Waals surface area contributed by atoms with Crippen molar-refractivity contribution in [3.63, 3.8) is 0 Å². The molecule has 36 heavy (non-hydrogen) atoms. The van der Waals surface area contributed by atoms with E-state index < -0.39 is 0 Å². The summed E-state index contributed by atoms with van der Waals surface area (Å²) < 4.78 is 1.46. The zero-order chi connectivity index (χ0) is 26.1. The Kier molecular flexibility index (Phi) is 7.33. The zero-order valence-electron chi connectivity index (χ0n) is 20.3. The van der Waals surface area contributed by atoms with Crippen molar-refractivity contribution >= 4 is 40.8 Å². The maximum absolute atomic E-state index is 13.7. The van der Waals surface area contributed by atoms with E-state index in [0.29, 0.717) is 39.2 Å². The molecule has 0 radical (unpaired) electrons. The molecule has 2 N–H and O–H groups in total. The van der Waals surface area contributed by atoms with Crippen LogP contribution in [-0.4, -0.2) is 50.4 Å². The summed E-state index contributed by atoms with van der Waals surface area (Å²) in [6, 6.07) is 6.45. The molecule has 4 rings (SSSR count). The number of halogens is 2. The van der Waals surface area contributed by atoms with Gasteiger partial charge in [0.1, 0.15) is 11.5 Å². The molecule has 11 heteroatoms. The van der Waals surface area contributed by atoms with Crippen molar-refractivity contribution in [2.75, 3.05) is 12.4 Å². The number of hydrogen-bond acceptors (Lipinski definition) is 6. The van der Waals surface area contributed by atoms with Gasteiger partial charge in [0, 0.05) is 36.8 Å². The van der Waals surface area contributed by atoms with Crippen LogP contribution in [0, 0.1) is 0 Å². The number of nitrogens with one attached hydrogen (secondary N) is 2. The average Bonchev–Trinajstić information content (AvgIpc) is 2.85. The normalized spacial score (nSPS) is 15.0. The molecule has 0 spiro atoms. The summed E-state index contributed by atoms with van der Waals surface area (Å²) in [5.41, 5.74) is 1.69. The molecule has 2 amide bonds. The highest BCUT2D eigenvalue weighted by Gasteiger charge is 2.31. The first-order valence-electron chi connectivity index (χ1n) is 11.5. The predicted molar refractivity (Wildman–Crippen MR) is 139 cm³/mol. The molecule has 0 saturated heterocycles. The largest absolute Gasteiger partial charge is 0.369 e. The topological polar surface area (TPSA) is 109 Å². The fourth-order valence-electron chi connectivity index (χ4n) is 4.18. The van der Waals surface area contributed by atoms with Crippen LogP contribution in [0.25, 0.3) is 5.82 Å². The van der Waals surface area contributed by atoms with Gasteiger partial charge in [0.25, 0.3) is 17.4 Å². The second-order valence-electron chi connectivity index (χ2n) is 8.93. The average molecular weight is 529 g/mol. The minimum atomic E-state index is -0.368. The van der Waals surface area contributed by atoms with Crippen LogP contribution in [0.3, 0.4) is 0 Å². The fraction of sp³-hybridized carbons (Fsp3) is 0.320. The molecule has 0 fully saturated rings. The van der Waals surface area contributed by atoms with Crippen molar-refractivity contribution in [2.24, 2.45) is 0 Å². The Morgan fingerprint density at radius 3 is 2.47 bits per heavy atom. The molecule has 0 unspecified atom stereocenters. The summed E-state index contributed by atoms with van der Waals surface area (Å²) in [5, 5.41) is 6.47. The van der Waals surface area contributed by atoms with E-state index in [1.165, 1.54) is 24.0 Å². The monoisotopic (exact) mass is 528 g/mol. The molecule has 1 aliphatic heterocycles. The van der Waals surface area contributed by atoms with Gasteiger partial charge in [0.15, 0.2) is 5.82 Å². The van der Waals surface area contributed by atoms with Crippen LogP contribution >= 0.6 is 23.2 Å². The van der Waals surface area contributed by atoms with Crippen molar-refractivity contribution in [3.8, 4) is 5.82 Å². The van der Waals surface area contributed by atoms with Gasteiger partial charge in [-0.25, -0.2) is 14.5 Å². The van der Waals surface area contributed by atoms with E-state index in [1.807, 2.05) is 26.8 Å². The number of fused-ring (bicyclic) bond motifs is 1. The molecule has 0 aliphatic carbocycles. The number of aromatic nitrogens is 3. The van der Waals surface area contributed by atoms with Gasteiger partial charge in [0.05, 0.1) is 22.4 Å². The van der Waals surface area contributed by atoms with Gasteiger partial charge in [-0.05, 0) is 57.0 Å². The van der Waals surface area contributed by atoms with Gasteiger partial charge in [-0.3, -0.25) is 14.4 Å². The highest BCUT2D eigenvalue weighted by molar-refractivity contribution is 6.42. The first kappa shape index (κ1) is 25.7. The van der Waals surface area contributed by atoms with E-state index in [-0.39, 0.29) is 41.7 Å². The van der Waals surface area contributed by atoms with E-state index in [4.69, 9.17) is 23.2 Å². The molecular weight excluding hydrogens is 503 g/mol. The number of anilines is 1. The van der Waals surface area contributed by atoms with Crippen molar-refractivity contribution in [2.45, 2.75) is 45.8 Å². The third kappa shape index (κ3) is 4.94. The van der Waals surface area contributed by atoms with E-state index in [2.05, 4.69) is 20.6 Å². The molecule has 0 saturated carbocycles. The second-order valence-corrected chi connectivity index (χ2v) is 9.74. The number of nitrogens with zero attached hydrogens (tertiary/aromatic N) is 4. The van der Waals surface area contributed by atoms with Crippen molar-refractivity contribution in [1.29, 1.82) is 0 Å². The SMILES string of the molecule is CNC(=O)c1cnc(-n2c(NC(C)C)cc3c(c2=O)C[C@@H](C)N(C(=O)c2ccc(Cl)c(Cl)c2)C3)cn1. The van der Waals surface area contributed by atoms with Crippen LogP contribution < -0.4 is 16.2 Å². The van der Waals surface area contributed by atoms with Gasteiger partial charge in [-0.1, -0.05) is 23.2 Å². The molecule has 3 heterocycles. The lowest BCUT2D eigenvalue weighted by molar-refractivity contribution is 0.0657. The van der Waals surface area contributed by atoms with Crippen LogP contribution in [0.15, 0.2) is 41.5 Å².